The minimum atomic E-state index is -0.202. The molecule has 3 aromatic rings. The van der Waals surface area contributed by atoms with Crippen LogP contribution >= 0.6 is 11.3 Å². The van der Waals surface area contributed by atoms with Crippen molar-refractivity contribution in [3.8, 4) is 16.3 Å². The second kappa shape index (κ2) is 8.04. The maximum atomic E-state index is 12.7. The number of hydrogen-bond donors (Lipinski definition) is 1. The summed E-state index contributed by atoms with van der Waals surface area (Å²) >= 11 is 1.58. The number of aromatic nitrogens is 3. The van der Waals surface area contributed by atoms with Gasteiger partial charge in [-0.25, -0.2) is 4.98 Å². The molecule has 1 aromatic carbocycles. The fourth-order valence-electron chi connectivity index (χ4n) is 2.67. The van der Waals surface area contributed by atoms with Crippen molar-refractivity contribution in [1.82, 2.24) is 20.3 Å². The van der Waals surface area contributed by atoms with Crippen LogP contribution in [0, 0.1) is 13.8 Å². The van der Waals surface area contributed by atoms with Gasteiger partial charge in [0.25, 0.3) is 5.91 Å². The van der Waals surface area contributed by atoms with Gasteiger partial charge in [0, 0.05) is 28.4 Å². The standard InChI is InChI=1S/C20H20N4O3S/c1-12-6-22-16(8-21-12)9-23-19(25)14-3-15(20-24-7-13(2)28-20)5-17(4-14)27-18-10-26-11-18/h3-8,18H,9-11H2,1-2H3,(H,23,25). The molecule has 28 heavy (non-hydrogen) atoms. The first-order valence-corrected chi connectivity index (χ1v) is 9.76. The fourth-order valence-corrected chi connectivity index (χ4v) is 3.42. The van der Waals surface area contributed by atoms with Crippen molar-refractivity contribution in [2.45, 2.75) is 26.5 Å². The molecule has 0 saturated carbocycles. The quantitative estimate of drug-likeness (QED) is 0.689. The third-order valence-corrected chi connectivity index (χ3v) is 5.17. The molecule has 7 nitrogen and oxygen atoms in total. The molecule has 3 heterocycles. The maximum Gasteiger partial charge on any atom is 0.251 e. The van der Waals surface area contributed by atoms with E-state index in [2.05, 4.69) is 20.3 Å². The van der Waals surface area contributed by atoms with Crippen molar-refractivity contribution in [3.05, 3.63) is 58.6 Å². The lowest BCUT2D eigenvalue weighted by Crippen LogP contribution is -2.38. The van der Waals surface area contributed by atoms with Crippen molar-refractivity contribution >= 4 is 17.2 Å². The van der Waals surface area contributed by atoms with Gasteiger partial charge in [-0.05, 0) is 32.0 Å². The lowest BCUT2D eigenvalue weighted by atomic mass is 10.1. The number of carbonyl (C=O) groups excluding carboxylic acids is 1. The second-order valence-corrected chi connectivity index (χ2v) is 7.87. The fraction of sp³-hybridized carbons (Fsp3) is 0.300. The lowest BCUT2D eigenvalue weighted by Gasteiger charge is -2.27. The molecule has 1 fully saturated rings. The average Bonchev–Trinajstić information content (AvgIpc) is 3.10. The van der Waals surface area contributed by atoms with Gasteiger partial charge in [-0.1, -0.05) is 0 Å². The Morgan fingerprint density at radius 2 is 2.04 bits per heavy atom. The molecule has 2 aromatic heterocycles. The summed E-state index contributed by atoms with van der Waals surface area (Å²) in [6, 6.07) is 5.50. The van der Waals surface area contributed by atoms with E-state index in [9.17, 15) is 4.79 Å². The van der Waals surface area contributed by atoms with E-state index in [1.807, 2.05) is 32.2 Å². The molecule has 0 bridgehead atoms. The lowest BCUT2D eigenvalue weighted by molar-refractivity contribution is -0.0796. The molecule has 1 N–H and O–H groups in total. The highest BCUT2D eigenvalue weighted by Crippen LogP contribution is 2.30. The van der Waals surface area contributed by atoms with Crippen LogP contribution in [0.3, 0.4) is 0 Å². The zero-order valence-electron chi connectivity index (χ0n) is 15.6. The Morgan fingerprint density at radius 1 is 1.18 bits per heavy atom. The van der Waals surface area contributed by atoms with Crippen molar-refractivity contribution < 1.29 is 14.3 Å². The minimum Gasteiger partial charge on any atom is -0.486 e. The first-order chi connectivity index (χ1) is 13.6. The number of amides is 1. The zero-order chi connectivity index (χ0) is 19.5. The SMILES string of the molecule is Cc1cnc(CNC(=O)c2cc(OC3COC3)cc(-c3ncc(C)s3)c2)cn1. The summed E-state index contributed by atoms with van der Waals surface area (Å²) < 4.78 is 11.1. The van der Waals surface area contributed by atoms with E-state index < -0.39 is 0 Å². The Balaban J connectivity index is 1.55. The minimum absolute atomic E-state index is 0.0204. The molecule has 1 amide bonds. The van der Waals surface area contributed by atoms with E-state index in [1.165, 1.54) is 0 Å². The number of hydrogen-bond acceptors (Lipinski definition) is 7. The van der Waals surface area contributed by atoms with Gasteiger partial charge >= 0.3 is 0 Å². The van der Waals surface area contributed by atoms with Gasteiger partial charge in [-0.2, -0.15) is 0 Å². The molecule has 1 aliphatic heterocycles. The van der Waals surface area contributed by atoms with E-state index in [-0.39, 0.29) is 12.0 Å². The van der Waals surface area contributed by atoms with Gasteiger partial charge in [0.1, 0.15) is 16.9 Å². The largest absolute Gasteiger partial charge is 0.486 e. The summed E-state index contributed by atoms with van der Waals surface area (Å²) in [4.78, 5) is 26.7. The number of carbonyl (C=O) groups is 1. The molecule has 0 aliphatic carbocycles. The summed E-state index contributed by atoms with van der Waals surface area (Å²) in [6.45, 7) is 5.31. The van der Waals surface area contributed by atoms with Crippen LogP contribution in [0.25, 0.3) is 10.6 Å². The highest BCUT2D eigenvalue weighted by Gasteiger charge is 2.21. The highest BCUT2D eigenvalue weighted by atomic mass is 32.1. The van der Waals surface area contributed by atoms with E-state index in [1.54, 1.807) is 29.8 Å². The normalized spacial score (nSPS) is 13.8. The summed E-state index contributed by atoms with van der Waals surface area (Å²) in [5.74, 6) is 0.436. The summed E-state index contributed by atoms with van der Waals surface area (Å²) in [5.41, 5.74) is 2.91. The van der Waals surface area contributed by atoms with Crippen LogP contribution in [0.1, 0.15) is 26.6 Å². The highest BCUT2D eigenvalue weighted by molar-refractivity contribution is 7.14. The van der Waals surface area contributed by atoms with Crippen LogP contribution in [0.15, 0.2) is 36.8 Å². The molecule has 8 heteroatoms. The summed E-state index contributed by atoms with van der Waals surface area (Å²) in [5, 5.41) is 3.74. The Labute approximate surface area is 166 Å². The molecule has 0 radical (unpaired) electrons. The van der Waals surface area contributed by atoms with Gasteiger partial charge in [-0.3, -0.25) is 14.8 Å². The van der Waals surface area contributed by atoms with E-state index in [0.29, 0.717) is 36.8 Å². The summed E-state index contributed by atoms with van der Waals surface area (Å²) in [7, 11) is 0. The van der Waals surface area contributed by atoms with Crippen LogP contribution in [0.4, 0.5) is 0 Å². The Morgan fingerprint density at radius 3 is 2.68 bits per heavy atom. The van der Waals surface area contributed by atoms with Crippen molar-refractivity contribution in [3.63, 3.8) is 0 Å². The molecule has 1 aliphatic rings. The first-order valence-electron chi connectivity index (χ1n) is 8.95. The third kappa shape index (κ3) is 4.35. The predicted octanol–water partition coefficient (Wildman–Crippen LogP) is 2.92. The Kier molecular flexibility index (Phi) is 5.31. The van der Waals surface area contributed by atoms with Crippen LogP contribution in [-0.4, -0.2) is 40.2 Å². The molecule has 4 rings (SSSR count). The number of thiazole rings is 1. The van der Waals surface area contributed by atoms with Crippen LogP contribution in [0.2, 0.25) is 0 Å². The topological polar surface area (TPSA) is 86.2 Å². The van der Waals surface area contributed by atoms with Gasteiger partial charge in [0.15, 0.2) is 0 Å². The average molecular weight is 396 g/mol. The molecule has 0 atom stereocenters. The number of aryl methyl sites for hydroxylation is 2. The van der Waals surface area contributed by atoms with Gasteiger partial charge in [0.2, 0.25) is 0 Å². The van der Waals surface area contributed by atoms with E-state index >= 15 is 0 Å². The van der Waals surface area contributed by atoms with E-state index in [4.69, 9.17) is 9.47 Å². The third-order valence-electron chi connectivity index (χ3n) is 4.21. The number of benzene rings is 1. The van der Waals surface area contributed by atoms with Gasteiger partial charge in [-0.15, -0.1) is 11.3 Å². The number of rotatable bonds is 6. The van der Waals surface area contributed by atoms with Crippen molar-refractivity contribution in [2.24, 2.45) is 0 Å². The van der Waals surface area contributed by atoms with Crippen LogP contribution in [0.5, 0.6) is 5.75 Å². The maximum absolute atomic E-state index is 12.7. The zero-order valence-corrected chi connectivity index (χ0v) is 16.5. The van der Waals surface area contributed by atoms with Gasteiger partial charge in [0.05, 0.1) is 37.3 Å². The van der Waals surface area contributed by atoms with Crippen LogP contribution < -0.4 is 10.1 Å². The monoisotopic (exact) mass is 396 g/mol. The van der Waals surface area contributed by atoms with E-state index in [0.717, 1.165) is 21.1 Å². The number of ether oxygens (including phenoxy) is 2. The van der Waals surface area contributed by atoms with Crippen LogP contribution in [-0.2, 0) is 11.3 Å². The molecule has 0 unspecified atom stereocenters. The molecular weight excluding hydrogens is 376 g/mol. The Hall–Kier alpha value is -2.84. The number of nitrogens with zero attached hydrogens (tertiary/aromatic N) is 3. The smallest absolute Gasteiger partial charge is 0.251 e. The predicted molar refractivity (Wildman–Crippen MR) is 105 cm³/mol. The molecule has 144 valence electrons. The first kappa shape index (κ1) is 18.5. The van der Waals surface area contributed by atoms with Gasteiger partial charge < -0.3 is 14.8 Å². The van der Waals surface area contributed by atoms with Crippen molar-refractivity contribution in [2.75, 3.05) is 13.2 Å². The number of nitrogens with one attached hydrogen (secondary N) is 1. The molecular formula is C20H20N4O3S. The molecule has 0 spiro atoms. The molecule has 1 saturated heterocycles. The second-order valence-electron chi connectivity index (χ2n) is 6.63. The van der Waals surface area contributed by atoms with Crippen molar-refractivity contribution in [1.29, 1.82) is 0 Å². The summed E-state index contributed by atoms with van der Waals surface area (Å²) in [6.07, 6.45) is 5.19. The Bertz CT molecular complexity index is 983.